The minimum Gasteiger partial charge on any atom is -0.496 e. The van der Waals surface area contributed by atoms with Gasteiger partial charge in [0.25, 0.3) is 5.69 Å². The SMILES string of the molecule is COc1ccc(/C=N/c2cccc([N+](=O)[O-])c2)c2ccccc12. The lowest BCUT2D eigenvalue weighted by Crippen LogP contribution is -1.89. The highest BCUT2D eigenvalue weighted by Gasteiger charge is 2.06. The van der Waals surface area contributed by atoms with Gasteiger partial charge in [0.2, 0.25) is 0 Å². The minimum absolute atomic E-state index is 0.0271. The lowest BCUT2D eigenvalue weighted by molar-refractivity contribution is -0.384. The Morgan fingerprint density at radius 3 is 2.57 bits per heavy atom. The minimum atomic E-state index is -0.429. The number of nitro benzene ring substituents is 1. The first-order valence-corrected chi connectivity index (χ1v) is 7.03. The monoisotopic (exact) mass is 306 g/mol. The second-order valence-electron chi connectivity index (χ2n) is 4.94. The molecular formula is C18H14N2O3. The van der Waals surface area contributed by atoms with Crippen molar-refractivity contribution >= 4 is 28.4 Å². The van der Waals surface area contributed by atoms with Crippen molar-refractivity contribution in [3.05, 3.63) is 76.3 Å². The van der Waals surface area contributed by atoms with Crippen LogP contribution in [0.5, 0.6) is 5.75 Å². The van der Waals surface area contributed by atoms with E-state index < -0.39 is 4.92 Å². The van der Waals surface area contributed by atoms with E-state index in [0.717, 1.165) is 22.1 Å². The predicted molar refractivity (Wildman–Crippen MR) is 90.9 cm³/mol. The van der Waals surface area contributed by atoms with Crippen molar-refractivity contribution in [2.75, 3.05) is 7.11 Å². The van der Waals surface area contributed by atoms with Crippen LogP contribution in [0.1, 0.15) is 5.56 Å². The number of ether oxygens (including phenoxy) is 1. The summed E-state index contributed by atoms with van der Waals surface area (Å²) in [5.74, 6) is 0.799. The average molecular weight is 306 g/mol. The number of benzene rings is 3. The quantitative estimate of drug-likeness (QED) is 0.405. The van der Waals surface area contributed by atoms with Crippen LogP contribution in [0, 0.1) is 10.1 Å². The summed E-state index contributed by atoms with van der Waals surface area (Å²) < 4.78 is 5.37. The molecule has 5 nitrogen and oxygen atoms in total. The fraction of sp³-hybridized carbons (Fsp3) is 0.0556. The molecule has 0 aliphatic heterocycles. The lowest BCUT2D eigenvalue weighted by Gasteiger charge is -2.07. The maximum absolute atomic E-state index is 10.8. The van der Waals surface area contributed by atoms with Gasteiger partial charge in [-0.3, -0.25) is 15.1 Å². The van der Waals surface area contributed by atoms with E-state index in [-0.39, 0.29) is 5.69 Å². The normalized spacial score (nSPS) is 11.0. The van der Waals surface area contributed by atoms with Gasteiger partial charge < -0.3 is 4.74 Å². The molecular weight excluding hydrogens is 292 g/mol. The van der Waals surface area contributed by atoms with Crippen LogP contribution < -0.4 is 4.74 Å². The largest absolute Gasteiger partial charge is 0.496 e. The van der Waals surface area contributed by atoms with Crippen molar-refractivity contribution in [2.24, 2.45) is 4.99 Å². The second kappa shape index (κ2) is 6.27. The van der Waals surface area contributed by atoms with Crippen molar-refractivity contribution in [3.8, 4) is 5.75 Å². The van der Waals surface area contributed by atoms with E-state index in [1.54, 1.807) is 25.5 Å². The Labute approximate surface area is 133 Å². The summed E-state index contributed by atoms with van der Waals surface area (Å²) >= 11 is 0. The topological polar surface area (TPSA) is 64.7 Å². The van der Waals surface area contributed by atoms with Gasteiger partial charge >= 0.3 is 0 Å². The lowest BCUT2D eigenvalue weighted by atomic mass is 10.0. The molecule has 3 aromatic carbocycles. The van der Waals surface area contributed by atoms with E-state index in [2.05, 4.69) is 4.99 Å². The number of non-ortho nitro benzene ring substituents is 1. The van der Waals surface area contributed by atoms with Gasteiger partial charge in [-0.15, -0.1) is 0 Å². The second-order valence-corrected chi connectivity index (χ2v) is 4.94. The summed E-state index contributed by atoms with van der Waals surface area (Å²) in [7, 11) is 1.64. The fourth-order valence-electron chi connectivity index (χ4n) is 2.42. The molecule has 0 N–H and O–H groups in total. The zero-order valence-electron chi connectivity index (χ0n) is 12.5. The van der Waals surface area contributed by atoms with Crippen LogP contribution in [0.3, 0.4) is 0 Å². The third kappa shape index (κ3) is 3.03. The van der Waals surface area contributed by atoms with E-state index in [1.807, 2.05) is 36.4 Å². The first-order valence-electron chi connectivity index (χ1n) is 7.03. The van der Waals surface area contributed by atoms with Gasteiger partial charge in [-0.25, -0.2) is 0 Å². The van der Waals surface area contributed by atoms with Crippen LogP contribution in [-0.2, 0) is 0 Å². The molecule has 0 spiro atoms. The molecule has 0 aliphatic rings. The molecule has 0 unspecified atom stereocenters. The number of nitrogens with zero attached hydrogens (tertiary/aromatic N) is 2. The Kier molecular flexibility index (Phi) is 4.01. The third-order valence-corrected chi connectivity index (χ3v) is 3.53. The maximum atomic E-state index is 10.8. The molecule has 0 aromatic heterocycles. The van der Waals surface area contributed by atoms with Gasteiger partial charge in [0.1, 0.15) is 5.75 Å². The van der Waals surface area contributed by atoms with Crippen molar-refractivity contribution in [2.45, 2.75) is 0 Å². The molecule has 0 amide bonds. The average Bonchev–Trinajstić information content (AvgIpc) is 2.59. The zero-order valence-corrected chi connectivity index (χ0v) is 12.5. The Morgan fingerprint density at radius 1 is 1.04 bits per heavy atom. The van der Waals surface area contributed by atoms with Crippen molar-refractivity contribution in [1.82, 2.24) is 0 Å². The molecule has 23 heavy (non-hydrogen) atoms. The summed E-state index contributed by atoms with van der Waals surface area (Å²) in [5.41, 5.74) is 1.49. The smallest absolute Gasteiger partial charge is 0.271 e. The van der Waals surface area contributed by atoms with E-state index in [0.29, 0.717) is 5.69 Å². The van der Waals surface area contributed by atoms with Gasteiger partial charge in [0.15, 0.2) is 0 Å². The third-order valence-electron chi connectivity index (χ3n) is 3.53. The molecule has 0 saturated carbocycles. The van der Waals surface area contributed by atoms with Gasteiger partial charge in [-0.1, -0.05) is 30.3 Å². The van der Waals surface area contributed by atoms with Crippen LogP contribution >= 0.6 is 0 Å². The molecule has 0 heterocycles. The number of fused-ring (bicyclic) bond motifs is 1. The van der Waals surface area contributed by atoms with Crippen molar-refractivity contribution in [1.29, 1.82) is 0 Å². The molecule has 0 radical (unpaired) electrons. The molecule has 0 bridgehead atoms. The predicted octanol–water partition coefficient (Wildman–Crippen LogP) is 4.51. The number of nitro groups is 1. The first-order chi connectivity index (χ1) is 11.2. The first kappa shape index (κ1) is 14.7. The van der Waals surface area contributed by atoms with E-state index in [1.165, 1.54) is 12.1 Å². The molecule has 5 heteroatoms. The number of rotatable bonds is 4. The van der Waals surface area contributed by atoms with Crippen LogP contribution in [0.25, 0.3) is 10.8 Å². The van der Waals surface area contributed by atoms with E-state index in [4.69, 9.17) is 4.74 Å². The van der Waals surface area contributed by atoms with Gasteiger partial charge in [-0.05, 0) is 23.6 Å². The Bertz CT molecular complexity index is 904. The standard InChI is InChI=1S/C18H14N2O3/c1-23-18-10-9-13(16-7-2-3-8-17(16)18)12-19-14-5-4-6-15(11-14)20(21)22/h2-12H,1H3/b19-12+. The zero-order chi connectivity index (χ0) is 16.2. The summed E-state index contributed by atoms with van der Waals surface area (Å²) in [5, 5.41) is 12.8. The Balaban J connectivity index is 2.02. The molecule has 0 saturated heterocycles. The van der Waals surface area contributed by atoms with Gasteiger partial charge in [0, 0.05) is 29.3 Å². The highest BCUT2D eigenvalue weighted by molar-refractivity contribution is 6.02. The number of hydrogen-bond acceptors (Lipinski definition) is 4. The van der Waals surface area contributed by atoms with E-state index >= 15 is 0 Å². The summed E-state index contributed by atoms with van der Waals surface area (Å²) in [4.78, 5) is 14.7. The summed E-state index contributed by atoms with van der Waals surface area (Å²) in [6.45, 7) is 0. The van der Waals surface area contributed by atoms with E-state index in [9.17, 15) is 10.1 Å². The fourth-order valence-corrected chi connectivity index (χ4v) is 2.42. The highest BCUT2D eigenvalue weighted by atomic mass is 16.6. The van der Waals surface area contributed by atoms with Crippen LogP contribution in [0.15, 0.2) is 65.7 Å². The van der Waals surface area contributed by atoms with Crippen LogP contribution in [0.4, 0.5) is 11.4 Å². The Morgan fingerprint density at radius 2 is 1.83 bits per heavy atom. The van der Waals surface area contributed by atoms with Crippen LogP contribution in [0.2, 0.25) is 0 Å². The molecule has 114 valence electrons. The van der Waals surface area contributed by atoms with Crippen LogP contribution in [-0.4, -0.2) is 18.2 Å². The Hall–Kier alpha value is -3.21. The number of hydrogen-bond donors (Lipinski definition) is 0. The maximum Gasteiger partial charge on any atom is 0.271 e. The molecule has 3 rings (SSSR count). The molecule has 0 aliphatic carbocycles. The molecule has 0 atom stereocenters. The molecule has 0 fully saturated rings. The van der Waals surface area contributed by atoms with Crippen molar-refractivity contribution in [3.63, 3.8) is 0 Å². The molecule has 3 aromatic rings. The van der Waals surface area contributed by atoms with Crippen molar-refractivity contribution < 1.29 is 9.66 Å². The summed E-state index contributed by atoms with van der Waals surface area (Å²) in [6, 6.07) is 17.9. The number of methoxy groups -OCH3 is 1. The van der Waals surface area contributed by atoms with Gasteiger partial charge in [0.05, 0.1) is 17.7 Å². The highest BCUT2D eigenvalue weighted by Crippen LogP contribution is 2.28. The summed E-state index contributed by atoms with van der Waals surface area (Å²) in [6.07, 6.45) is 1.71. The van der Waals surface area contributed by atoms with Gasteiger partial charge in [-0.2, -0.15) is 0 Å². The number of aliphatic imine (C=N–C) groups is 1.